The summed E-state index contributed by atoms with van der Waals surface area (Å²) in [5.41, 5.74) is 1.67. The van der Waals surface area contributed by atoms with Gasteiger partial charge in [0.15, 0.2) is 5.96 Å². The molecule has 158 valence electrons. The second-order valence-corrected chi connectivity index (χ2v) is 6.13. The van der Waals surface area contributed by atoms with Crippen LogP contribution in [0.5, 0.6) is 11.5 Å². The molecule has 0 bridgehead atoms. The molecule has 0 atom stereocenters. The number of rotatable bonds is 8. The fourth-order valence-electron chi connectivity index (χ4n) is 2.74. The van der Waals surface area contributed by atoms with Crippen molar-refractivity contribution in [2.24, 2.45) is 4.99 Å². The molecular weight excluding hydrogens is 483 g/mol. The molecule has 0 radical (unpaired) electrons. The van der Waals surface area contributed by atoms with Crippen LogP contribution in [0, 0.1) is 0 Å². The number of carbonyl (C=O) groups is 1. The molecule has 1 amide bonds. The zero-order valence-corrected chi connectivity index (χ0v) is 19.6. The predicted molar refractivity (Wildman–Crippen MR) is 127 cm³/mol. The van der Waals surface area contributed by atoms with Gasteiger partial charge in [-0.3, -0.25) is 9.79 Å². The molecule has 7 nitrogen and oxygen atoms in total. The lowest BCUT2D eigenvalue weighted by atomic mass is 10.2. The Bertz CT molecular complexity index is 797. The molecule has 0 fully saturated rings. The highest BCUT2D eigenvalue weighted by Crippen LogP contribution is 2.18. The summed E-state index contributed by atoms with van der Waals surface area (Å²) in [5.74, 6) is 2.18. The molecule has 0 unspecified atom stereocenters. The van der Waals surface area contributed by atoms with Gasteiger partial charge in [0.2, 0.25) is 0 Å². The van der Waals surface area contributed by atoms with E-state index in [0.29, 0.717) is 25.2 Å². The van der Waals surface area contributed by atoms with Gasteiger partial charge in [-0.15, -0.1) is 24.0 Å². The Morgan fingerprint density at radius 3 is 2.28 bits per heavy atom. The molecule has 2 N–H and O–H groups in total. The Kier molecular flexibility index (Phi) is 10.9. The number of benzene rings is 2. The van der Waals surface area contributed by atoms with Crippen LogP contribution >= 0.6 is 24.0 Å². The molecule has 0 saturated carbocycles. The van der Waals surface area contributed by atoms with Gasteiger partial charge in [0.1, 0.15) is 11.5 Å². The molecule has 8 heteroatoms. The van der Waals surface area contributed by atoms with E-state index >= 15 is 0 Å². The van der Waals surface area contributed by atoms with Crippen molar-refractivity contribution in [1.82, 2.24) is 15.5 Å². The standard InChI is InChI=1S/C21H28N4O3.HI/c1-22-21(25(2)15-17-7-5-6-8-19(17)28-4)24-14-13-23-20(26)16-9-11-18(27-3)12-10-16;/h5-12H,13-15H2,1-4H3,(H,22,24)(H,23,26);1H. The predicted octanol–water partition coefficient (Wildman–Crippen LogP) is 2.76. The number of amides is 1. The third kappa shape index (κ3) is 7.45. The molecule has 0 aliphatic heterocycles. The van der Waals surface area contributed by atoms with E-state index in [4.69, 9.17) is 9.47 Å². The Labute approximate surface area is 189 Å². The van der Waals surface area contributed by atoms with Gasteiger partial charge >= 0.3 is 0 Å². The minimum Gasteiger partial charge on any atom is -0.497 e. The number of nitrogens with one attached hydrogen (secondary N) is 2. The summed E-state index contributed by atoms with van der Waals surface area (Å²) in [6.45, 7) is 1.69. The number of methoxy groups -OCH3 is 2. The largest absolute Gasteiger partial charge is 0.497 e. The van der Waals surface area contributed by atoms with Crippen molar-refractivity contribution in [3.8, 4) is 11.5 Å². The molecule has 2 aromatic carbocycles. The molecular formula is C21H29IN4O3. The highest BCUT2D eigenvalue weighted by molar-refractivity contribution is 14.0. The van der Waals surface area contributed by atoms with E-state index < -0.39 is 0 Å². The quantitative estimate of drug-likeness (QED) is 0.246. The van der Waals surface area contributed by atoms with E-state index in [9.17, 15) is 4.79 Å². The molecule has 0 aliphatic carbocycles. The average Bonchev–Trinajstić information content (AvgIpc) is 2.74. The summed E-state index contributed by atoms with van der Waals surface area (Å²) in [4.78, 5) is 18.5. The summed E-state index contributed by atoms with van der Waals surface area (Å²) in [7, 11) is 6.95. The maximum Gasteiger partial charge on any atom is 0.251 e. The smallest absolute Gasteiger partial charge is 0.251 e. The van der Waals surface area contributed by atoms with E-state index in [1.54, 1.807) is 45.5 Å². The van der Waals surface area contributed by atoms with Crippen LogP contribution in [0.15, 0.2) is 53.5 Å². The third-order valence-electron chi connectivity index (χ3n) is 4.22. The van der Waals surface area contributed by atoms with Crippen LogP contribution in [-0.2, 0) is 6.54 Å². The number of hydrogen-bond acceptors (Lipinski definition) is 4. The van der Waals surface area contributed by atoms with Crippen molar-refractivity contribution in [2.45, 2.75) is 6.54 Å². The number of halogens is 1. The van der Waals surface area contributed by atoms with Crippen LogP contribution in [0.25, 0.3) is 0 Å². The van der Waals surface area contributed by atoms with Gasteiger partial charge in [-0.25, -0.2) is 0 Å². The van der Waals surface area contributed by atoms with Crippen LogP contribution in [-0.4, -0.2) is 58.2 Å². The van der Waals surface area contributed by atoms with Crippen molar-refractivity contribution >= 4 is 35.8 Å². The Balaban J connectivity index is 0.00000420. The van der Waals surface area contributed by atoms with Crippen molar-refractivity contribution in [2.75, 3.05) is 41.4 Å². The molecule has 0 aromatic heterocycles. The van der Waals surface area contributed by atoms with Crippen molar-refractivity contribution in [1.29, 1.82) is 0 Å². The molecule has 0 aliphatic rings. The third-order valence-corrected chi connectivity index (χ3v) is 4.22. The zero-order chi connectivity index (χ0) is 20.4. The second-order valence-electron chi connectivity index (χ2n) is 6.13. The average molecular weight is 512 g/mol. The van der Waals surface area contributed by atoms with E-state index in [-0.39, 0.29) is 29.9 Å². The highest BCUT2D eigenvalue weighted by Gasteiger charge is 2.10. The second kappa shape index (κ2) is 12.9. The van der Waals surface area contributed by atoms with Crippen LogP contribution < -0.4 is 20.1 Å². The number of aliphatic imine (C=N–C) groups is 1. The molecule has 0 heterocycles. The lowest BCUT2D eigenvalue weighted by Crippen LogP contribution is -2.42. The number of hydrogen-bond donors (Lipinski definition) is 2. The van der Waals surface area contributed by atoms with E-state index in [2.05, 4.69) is 15.6 Å². The lowest BCUT2D eigenvalue weighted by Gasteiger charge is -2.23. The van der Waals surface area contributed by atoms with Crippen LogP contribution in [0.1, 0.15) is 15.9 Å². The first-order valence-corrected chi connectivity index (χ1v) is 9.05. The summed E-state index contributed by atoms with van der Waals surface area (Å²) >= 11 is 0. The SMILES string of the molecule is CN=C(NCCNC(=O)c1ccc(OC)cc1)N(C)Cc1ccccc1OC.I. The molecule has 2 rings (SSSR count). The first kappa shape index (κ1) is 24.5. The van der Waals surface area contributed by atoms with Gasteiger partial charge in [0, 0.05) is 44.9 Å². The minimum absolute atomic E-state index is 0. The maximum absolute atomic E-state index is 12.2. The normalized spacial score (nSPS) is 10.6. The Hall–Kier alpha value is -2.49. The maximum atomic E-state index is 12.2. The summed E-state index contributed by atoms with van der Waals surface area (Å²) in [6.07, 6.45) is 0. The zero-order valence-electron chi connectivity index (χ0n) is 17.3. The summed E-state index contributed by atoms with van der Waals surface area (Å²) in [6, 6.07) is 14.9. The first-order valence-electron chi connectivity index (χ1n) is 9.05. The molecule has 0 saturated heterocycles. The number of nitrogens with zero attached hydrogens (tertiary/aromatic N) is 2. The van der Waals surface area contributed by atoms with E-state index in [1.165, 1.54) is 0 Å². The van der Waals surface area contributed by atoms with Crippen molar-refractivity contribution in [3.63, 3.8) is 0 Å². The van der Waals surface area contributed by atoms with E-state index in [0.717, 1.165) is 23.0 Å². The van der Waals surface area contributed by atoms with Gasteiger partial charge in [-0.1, -0.05) is 18.2 Å². The summed E-state index contributed by atoms with van der Waals surface area (Å²) < 4.78 is 10.5. The number of para-hydroxylation sites is 1. The van der Waals surface area contributed by atoms with Crippen molar-refractivity contribution < 1.29 is 14.3 Å². The molecule has 2 aromatic rings. The lowest BCUT2D eigenvalue weighted by molar-refractivity contribution is 0.0954. The number of carbonyl (C=O) groups excluding carboxylic acids is 1. The van der Waals surface area contributed by atoms with Gasteiger partial charge in [-0.2, -0.15) is 0 Å². The van der Waals surface area contributed by atoms with Crippen LogP contribution in [0.2, 0.25) is 0 Å². The molecule has 29 heavy (non-hydrogen) atoms. The topological polar surface area (TPSA) is 75.2 Å². The van der Waals surface area contributed by atoms with Gasteiger partial charge in [0.25, 0.3) is 5.91 Å². The van der Waals surface area contributed by atoms with Crippen LogP contribution in [0.4, 0.5) is 0 Å². The Morgan fingerprint density at radius 2 is 1.66 bits per heavy atom. The number of guanidine groups is 1. The highest BCUT2D eigenvalue weighted by atomic mass is 127. The first-order chi connectivity index (χ1) is 13.6. The molecule has 0 spiro atoms. The minimum atomic E-state index is -0.123. The van der Waals surface area contributed by atoms with Crippen molar-refractivity contribution in [3.05, 3.63) is 59.7 Å². The fraction of sp³-hybridized carbons (Fsp3) is 0.333. The van der Waals surface area contributed by atoms with Crippen LogP contribution in [0.3, 0.4) is 0 Å². The summed E-state index contributed by atoms with van der Waals surface area (Å²) in [5, 5.41) is 6.14. The van der Waals surface area contributed by atoms with Gasteiger partial charge in [0.05, 0.1) is 14.2 Å². The number of ether oxygens (including phenoxy) is 2. The Morgan fingerprint density at radius 1 is 1.00 bits per heavy atom. The van der Waals surface area contributed by atoms with E-state index in [1.807, 2.05) is 36.2 Å². The van der Waals surface area contributed by atoms with Gasteiger partial charge in [-0.05, 0) is 30.3 Å². The van der Waals surface area contributed by atoms with Gasteiger partial charge < -0.3 is 25.0 Å². The monoisotopic (exact) mass is 512 g/mol. The fourth-order valence-corrected chi connectivity index (χ4v) is 2.74.